The molecule has 4 heteroatoms. The molecule has 2 saturated heterocycles. The molecule has 1 amide bonds. The molecular weight excluding hydrogens is 220 g/mol. The van der Waals surface area contributed by atoms with Crippen molar-refractivity contribution in [1.29, 1.82) is 0 Å². The number of amides is 1. The SMILES string of the molecule is C=C1N2C(=O)[C@@H](NCCCC)[C@H]2SC1(C)C. The van der Waals surface area contributed by atoms with E-state index in [9.17, 15) is 4.79 Å². The zero-order valence-electron chi connectivity index (χ0n) is 10.2. The molecule has 90 valence electrons. The van der Waals surface area contributed by atoms with E-state index >= 15 is 0 Å². The predicted octanol–water partition coefficient (Wildman–Crippen LogP) is 1.95. The van der Waals surface area contributed by atoms with E-state index in [1.165, 1.54) is 0 Å². The Labute approximate surface area is 102 Å². The summed E-state index contributed by atoms with van der Waals surface area (Å²) >= 11 is 1.84. The van der Waals surface area contributed by atoms with Gasteiger partial charge in [0.1, 0.15) is 11.4 Å². The first-order chi connectivity index (χ1) is 7.49. The van der Waals surface area contributed by atoms with Gasteiger partial charge in [-0.25, -0.2) is 0 Å². The molecule has 2 aliphatic rings. The number of unbranched alkanes of at least 4 members (excludes halogenated alkanes) is 1. The molecule has 0 aromatic heterocycles. The maximum absolute atomic E-state index is 11.9. The van der Waals surface area contributed by atoms with Crippen LogP contribution in [0.5, 0.6) is 0 Å². The molecule has 0 aromatic rings. The Hall–Kier alpha value is -0.480. The lowest BCUT2D eigenvalue weighted by atomic mass is 10.0. The van der Waals surface area contributed by atoms with Gasteiger partial charge < -0.3 is 5.32 Å². The zero-order chi connectivity index (χ0) is 11.9. The van der Waals surface area contributed by atoms with Gasteiger partial charge >= 0.3 is 0 Å². The van der Waals surface area contributed by atoms with Gasteiger partial charge in [0.05, 0.1) is 4.75 Å². The molecule has 2 rings (SSSR count). The van der Waals surface area contributed by atoms with Crippen LogP contribution in [0.4, 0.5) is 0 Å². The van der Waals surface area contributed by atoms with Gasteiger partial charge in [0.25, 0.3) is 0 Å². The van der Waals surface area contributed by atoms with Gasteiger partial charge in [0, 0.05) is 5.70 Å². The fourth-order valence-electron chi connectivity index (χ4n) is 2.15. The lowest BCUT2D eigenvalue weighted by Gasteiger charge is -2.42. The summed E-state index contributed by atoms with van der Waals surface area (Å²) in [7, 11) is 0. The second-order valence-electron chi connectivity index (χ2n) is 4.96. The molecule has 2 fully saturated rings. The lowest BCUT2D eigenvalue weighted by molar-refractivity contribution is -0.142. The highest BCUT2D eigenvalue weighted by molar-refractivity contribution is 8.01. The van der Waals surface area contributed by atoms with Crippen molar-refractivity contribution in [2.75, 3.05) is 6.54 Å². The van der Waals surface area contributed by atoms with Crippen LogP contribution in [0.2, 0.25) is 0 Å². The molecule has 1 N–H and O–H groups in total. The van der Waals surface area contributed by atoms with Gasteiger partial charge in [-0.3, -0.25) is 9.69 Å². The van der Waals surface area contributed by atoms with Crippen LogP contribution in [0.3, 0.4) is 0 Å². The fourth-order valence-corrected chi connectivity index (χ4v) is 3.68. The zero-order valence-corrected chi connectivity index (χ0v) is 11.1. The average Bonchev–Trinajstić information content (AvgIpc) is 2.43. The molecule has 16 heavy (non-hydrogen) atoms. The van der Waals surface area contributed by atoms with Crippen LogP contribution in [0.1, 0.15) is 33.6 Å². The van der Waals surface area contributed by atoms with Crippen LogP contribution in [-0.2, 0) is 4.79 Å². The molecule has 2 atom stereocenters. The smallest absolute Gasteiger partial charge is 0.247 e. The number of rotatable bonds is 4. The third-order valence-electron chi connectivity index (χ3n) is 3.34. The van der Waals surface area contributed by atoms with Gasteiger partial charge in [-0.1, -0.05) is 19.9 Å². The minimum atomic E-state index is 0.00150. The van der Waals surface area contributed by atoms with E-state index in [-0.39, 0.29) is 22.1 Å². The summed E-state index contributed by atoms with van der Waals surface area (Å²) < 4.78 is 0.00150. The Balaban J connectivity index is 1.97. The van der Waals surface area contributed by atoms with Crippen LogP contribution in [0, 0.1) is 0 Å². The topological polar surface area (TPSA) is 32.3 Å². The van der Waals surface area contributed by atoms with E-state index in [1.54, 1.807) is 0 Å². The Morgan fingerprint density at radius 2 is 2.25 bits per heavy atom. The molecule has 0 radical (unpaired) electrons. The van der Waals surface area contributed by atoms with Crippen molar-refractivity contribution in [3.05, 3.63) is 12.3 Å². The molecule has 0 saturated carbocycles. The highest BCUT2D eigenvalue weighted by Gasteiger charge is 2.57. The molecule has 0 bridgehead atoms. The Morgan fingerprint density at radius 3 is 2.88 bits per heavy atom. The number of thioether (sulfide) groups is 1. The molecule has 3 nitrogen and oxygen atoms in total. The number of β-lactam (4-membered cyclic amide) rings is 1. The van der Waals surface area contributed by atoms with Crippen molar-refractivity contribution in [2.24, 2.45) is 0 Å². The Morgan fingerprint density at radius 1 is 1.56 bits per heavy atom. The summed E-state index contributed by atoms with van der Waals surface area (Å²) in [6.45, 7) is 11.4. The van der Waals surface area contributed by atoms with Gasteiger partial charge in [-0.2, -0.15) is 0 Å². The maximum Gasteiger partial charge on any atom is 0.247 e. The van der Waals surface area contributed by atoms with E-state index in [2.05, 4.69) is 32.7 Å². The van der Waals surface area contributed by atoms with Crippen LogP contribution in [-0.4, -0.2) is 33.5 Å². The van der Waals surface area contributed by atoms with E-state index in [0.29, 0.717) is 0 Å². The van der Waals surface area contributed by atoms with Crippen molar-refractivity contribution in [1.82, 2.24) is 10.2 Å². The summed E-state index contributed by atoms with van der Waals surface area (Å²) in [6.07, 6.45) is 2.29. The highest BCUT2D eigenvalue weighted by Crippen LogP contribution is 2.52. The first-order valence-electron chi connectivity index (χ1n) is 5.92. The second kappa shape index (κ2) is 4.08. The second-order valence-corrected chi connectivity index (χ2v) is 6.70. The molecule has 0 unspecified atom stereocenters. The quantitative estimate of drug-likeness (QED) is 0.602. The van der Waals surface area contributed by atoms with Crippen molar-refractivity contribution in [3.8, 4) is 0 Å². The van der Waals surface area contributed by atoms with Crippen LogP contribution in [0.25, 0.3) is 0 Å². The van der Waals surface area contributed by atoms with Gasteiger partial charge in [-0.15, -0.1) is 11.8 Å². The van der Waals surface area contributed by atoms with Gasteiger partial charge in [0.2, 0.25) is 5.91 Å². The van der Waals surface area contributed by atoms with E-state index in [4.69, 9.17) is 0 Å². The predicted molar refractivity (Wildman–Crippen MR) is 68.1 cm³/mol. The van der Waals surface area contributed by atoms with Gasteiger partial charge in [-0.05, 0) is 26.8 Å². The largest absolute Gasteiger partial charge is 0.303 e. The van der Waals surface area contributed by atoms with Crippen molar-refractivity contribution in [3.63, 3.8) is 0 Å². The van der Waals surface area contributed by atoms with Crippen LogP contribution < -0.4 is 5.32 Å². The van der Waals surface area contributed by atoms with Crippen molar-refractivity contribution >= 4 is 17.7 Å². The summed E-state index contributed by atoms with van der Waals surface area (Å²) in [5, 5.41) is 3.62. The summed E-state index contributed by atoms with van der Waals surface area (Å²) in [5.74, 6) is 0.198. The molecule has 2 heterocycles. The summed E-state index contributed by atoms with van der Waals surface area (Å²) in [5.41, 5.74) is 0.959. The third kappa shape index (κ3) is 1.68. The van der Waals surface area contributed by atoms with Crippen LogP contribution in [0.15, 0.2) is 12.3 Å². The minimum absolute atomic E-state index is 0.00150. The number of nitrogens with one attached hydrogen (secondary N) is 1. The fraction of sp³-hybridized carbons (Fsp3) is 0.750. The highest BCUT2D eigenvalue weighted by atomic mass is 32.2. The Kier molecular flexibility index (Phi) is 3.05. The molecule has 0 aliphatic carbocycles. The number of carbonyl (C=O) groups excluding carboxylic acids is 1. The number of hydrogen-bond donors (Lipinski definition) is 1. The summed E-state index contributed by atoms with van der Waals surface area (Å²) in [6, 6.07) is 0.00933. The maximum atomic E-state index is 11.9. The number of carbonyl (C=O) groups is 1. The molecule has 0 spiro atoms. The minimum Gasteiger partial charge on any atom is -0.303 e. The van der Waals surface area contributed by atoms with Crippen molar-refractivity contribution < 1.29 is 4.79 Å². The van der Waals surface area contributed by atoms with Crippen molar-refractivity contribution in [2.45, 2.75) is 49.8 Å². The Bertz CT molecular complexity index is 327. The standard InChI is InChI=1S/C12H20N2OS/c1-5-6-7-13-9-10(15)14-8(2)12(3,4)16-11(9)14/h9,11,13H,2,5-7H2,1,3-4H3/t9-,11-/m1/s1. The lowest BCUT2D eigenvalue weighted by Crippen LogP contribution is -2.65. The van der Waals surface area contributed by atoms with Gasteiger partial charge in [0.15, 0.2) is 0 Å². The molecule has 2 aliphatic heterocycles. The first kappa shape index (κ1) is 12.0. The number of fused-ring (bicyclic) bond motifs is 1. The normalized spacial score (nSPS) is 31.6. The van der Waals surface area contributed by atoms with E-state index in [0.717, 1.165) is 25.1 Å². The van der Waals surface area contributed by atoms with E-state index in [1.807, 2.05) is 16.7 Å². The number of nitrogens with zero attached hydrogens (tertiary/aromatic N) is 1. The number of hydrogen-bond acceptors (Lipinski definition) is 3. The monoisotopic (exact) mass is 240 g/mol. The van der Waals surface area contributed by atoms with Crippen LogP contribution >= 0.6 is 11.8 Å². The van der Waals surface area contributed by atoms with E-state index < -0.39 is 0 Å². The molecular formula is C12H20N2OS. The molecule has 0 aromatic carbocycles. The third-order valence-corrected chi connectivity index (χ3v) is 4.89. The first-order valence-corrected chi connectivity index (χ1v) is 6.80. The summed E-state index contributed by atoms with van der Waals surface area (Å²) in [4.78, 5) is 13.8. The average molecular weight is 240 g/mol.